The molecule has 0 aliphatic carbocycles. The molecule has 0 spiro atoms. The minimum absolute atomic E-state index is 0.000225. The summed E-state index contributed by atoms with van der Waals surface area (Å²) in [6.07, 6.45) is 1.94. The molecule has 0 fully saturated rings. The van der Waals surface area contributed by atoms with Crippen molar-refractivity contribution in [1.29, 1.82) is 0 Å². The number of rotatable bonds is 8. The summed E-state index contributed by atoms with van der Waals surface area (Å²) in [6, 6.07) is 0.000225. The maximum absolute atomic E-state index is 10.4. The molecule has 4 heteroatoms. The second-order valence-corrected chi connectivity index (χ2v) is 3.69. The van der Waals surface area contributed by atoms with Crippen LogP contribution in [-0.4, -0.2) is 35.4 Å². The van der Waals surface area contributed by atoms with Gasteiger partial charge in [-0.3, -0.25) is 4.79 Å². The van der Waals surface area contributed by atoms with Crippen LogP contribution in [-0.2, 0) is 4.79 Å². The van der Waals surface area contributed by atoms with E-state index in [-0.39, 0.29) is 19.1 Å². The van der Waals surface area contributed by atoms with Gasteiger partial charge in [0.15, 0.2) is 0 Å². The molecule has 0 bridgehead atoms. The molecular formula is C10H21NO3. The monoisotopic (exact) mass is 203 g/mol. The summed E-state index contributed by atoms with van der Waals surface area (Å²) in [7, 11) is 0. The first-order chi connectivity index (χ1) is 6.60. The normalized spacial score (nSPS) is 15.1. The van der Waals surface area contributed by atoms with Crippen LogP contribution in [0.4, 0.5) is 0 Å². The summed E-state index contributed by atoms with van der Waals surface area (Å²) < 4.78 is 0. The van der Waals surface area contributed by atoms with Gasteiger partial charge in [0.2, 0.25) is 0 Å². The smallest absolute Gasteiger partial charge is 0.304 e. The van der Waals surface area contributed by atoms with Crippen molar-refractivity contribution in [3.05, 3.63) is 0 Å². The summed E-state index contributed by atoms with van der Waals surface area (Å²) in [5.41, 5.74) is 0. The molecule has 0 amide bonds. The van der Waals surface area contributed by atoms with Gasteiger partial charge < -0.3 is 15.5 Å². The first-order valence-corrected chi connectivity index (χ1v) is 5.16. The highest BCUT2D eigenvalue weighted by molar-refractivity contribution is 5.67. The van der Waals surface area contributed by atoms with Crippen LogP contribution in [0.2, 0.25) is 0 Å². The Morgan fingerprint density at radius 3 is 2.57 bits per heavy atom. The van der Waals surface area contributed by atoms with Crippen molar-refractivity contribution in [1.82, 2.24) is 5.32 Å². The van der Waals surface area contributed by atoms with E-state index in [2.05, 4.69) is 12.2 Å². The zero-order valence-electron chi connectivity index (χ0n) is 8.99. The SMILES string of the molecule is CCC(CCO)CNC(C)CC(=O)O. The highest BCUT2D eigenvalue weighted by Gasteiger charge is 2.10. The van der Waals surface area contributed by atoms with Crippen LogP contribution in [0, 0.1) is 5.92 Å². The van der Waals surface area contributed by atoms with Gasteiger partial charge in [-0.2, -0.15) is 0 Å². The van der Waals surface area contributed by atoms with E-state index in [0.717, 1.165) is 19.4 Å². The molecule has 4 nitrogen and oxygen atoms in total. The highest BCUT2D eigenvalue weighted by atomic mass is 16.4. The third-order valence-corrected chi connectivity index (χ3v) is 2.35. The van der Waals surface area contributed by atoms with Crippen molar-refractivity contribution < 1.29 is 15.0 Å². The number of aliphatic hydroxyl groups excluding tert-OH is 1. The van der Waals surface area contributed by atoms with Crippen LogP contribution in [0.15, 0.2) is 0 Å². The number of nitrogens with one attached hydrogen (secondary N) is 1. The third-order valence-electron chi connectivity index (χ3n) is 2.35. The molecule has 2 atom stereocenters. The quantitative estimate of drug-likeness (QED) is 0.547. The Kier molecular flexibility index (Phi) is 7.42. The molecule has 0 aromatic rings. The van der Waals surface area contributed by atoms with Crippen LogP contribution in [0.25, 0.3) is 0 Å². The molecule has 14 heavy (non-hydrogen) atoms. The second-order valence-electron chi connectivity index (χ2n) is 3.69. The van der Waals surface area contributed by atoms with Gasteiger partial charge in [-0.05, 0) is 25.8 Å². The van der Waals surface area contributed by atoms with E-state index < -0.39 is 5.97 Å². The largest absolute Gasteiger partial charge is 0.481 e. The number of carboxylic acids is 1. The Balaban J connectivity index is 3.61. The minimum atomic E-state index is -0.778. The molecule has 0 aliphatic rings. The molecule has 0 saturated heterocycles. The Hall–Kier alpha value is -0.610. The molecular weight excluding hydrogens is 182 g/mol. The number of carbonyl (C=O) groups is 1. The lowest BCUT2D eigenvalue weighted by atomic mass is 10.0. The highest BCUT2D eigenvalue weighted by Crippen LogP contribution is 2.06. The Morgan fingerprint density at radius 2 is 2.14 bits per heavy atom. The van der Waals surface area contributed by atoms with Gasteiger partial charge in [0.1, 0.15) is 0 Å². The molecule has 0 aliphatic heterocycles. The summed E-state index contributed by atoms with van der Waals surface area (Å²) in [5.74, 6) is -0.337. The van der Waals surface area contributed by atoms with Crippen LogP contribution >= 0.6 is 0 Å². The summed E-state index contributed by atoms with van der Waals surface area (Å²) >= 11 is 0. The Bertz CT molecular complexity index is 161. The first-order valence-electron chi connectivity index (χ1n) is 5.16. The van der Waals surface area contributed by atoms with Gasteiger partial charge in [0.05, 0.1) is 6.42 Å². The number of aliphatic carboxylic acids is 1. The standard InChI is InChI=1S/C10H21NO3/c1-3-9(4-5-12)7-11-8(2)6-10(13)14/h8-9,11-12H,3-7H2,1-2H3,(H,13,14). The fraction of sp³-hybridized carbons (Fsp3) is 0.900. The van der Waals surface area contributed by atoms with Crippen molar-refractivity contribution >= 4 is 5.97 Å². The summed E-state index contributed by atoms with van der Waals surface area (Å²) in [4.78, 5) is 10.4. The van der Waals surface area contributed by atoms with Crippen molar-refractivity contribution in [3.8, 4) is 0 Å². The third kappa shape index (κ3) is 6.86. The predicted octanol–water partition coefficient (Wildman–Crippen LogP) is 0.848. The maximum Gasteiger partial charge on any atom is 0.304 e. The van der Waals surface area contributed by atoms with Crippen LogP contribution < -0.4 is 5.32 Å². The lowest BCUT2D eigenvalue weighted by molar-refractivity contribution is -0.137. The lowest BCUT2D eigenvalue weighted by Crippen LogP contribution is -2.33. The maximum atomic E-state index is 10.4. The average molecular weight is 203 g/mol. The number of hydrogen-bond donors (Lipinski definition) is 3. The number of carboxylic acid groups (broad SMARTS) is 1. The van der Waals surface area contributed by atoms with E-state index >= 15 is 0 Å². The zero-order chi connectivity index (χ0) is 11.0. The van der Waals surface area contributed by atoms with Crippen molar-refractivity contribution in [2.24, 2.45) is 5.92 Å². The van der Waals surface area contributed by atoms with Gasteiger partial charge in [0.25, 0.3) is 0 Å². The van der Waals surface area contributed by atoms with E-state index in [1.165, 1.54) is 0 Å². The Labute approximate surface area is 85.3 Å². The Morgan fingerprint density at radius 1 is 1.50 bits per heavy atom. The molecule has 0 radical (unpaired) electrons. The van der Waals surface area contributed by atoms with E-state index in [1.54, 1.807) is 0 Å². The van der Waals surface area contributed by atoms with Gasteiger partial charge in [-0.1, -0.05) is 13.3 Å². The molecule has 3 N–H and O–H groups in total. The van der Waals surface area contributed by atoms with Crippen molar-refractivity contribution in [2.75, 3.05) is 13.2 Å². The summed E-state index contributed by atoms with van der Waals surface area (Å²) in [5, 5.41) is 20.4. The molecule has 0 aromatic heterocycles. The zero-order valence-corrected chi connectivity index (χ0v) is 8.99. The lowest BCUT2D eigenvalue weighted by Gasteiger charge is -2.17. The van der Waals surface area contributed by atoms with Gasteiger partial charge >= 0.3 is 5.97 Å². The van der Waals surface area contributed by atoms with Gasteiger partial charge in [-0.15, -0.1) is 0 Å². The fourth-order valence-corrected chi connectivity index (χ4v) is 1.34. The van der Waals surface area contributed by atoms with Crippen LogP contribution in [0.5, 0.6) is 0 Å². The van der Waals surface area contributed by atoms with E-state index in [1.807, 2.05) is 6.92 Å². The minimum Gasteiger partial charge on any atom is -0.481 e. The van der Waals surface area contributed by atoms with Gasteiger partial charge in [-0.25, -0.2) is 0 Å². The van der Waals surface area contributed by atoms with Crippen LogP contribution in [0.3, 0.4) is 0 Å². The van der Waals surface area contributed by atoms with E-state index in [0.29, 0.717) is 5.92 Å². The topological polar surface area (TPSA) is 69.6 Å². The predicted molar refractivity (Wildman–Crippen MR) is 55.2 cm³/mol. The molecule has 0 heterocycles. The molecule has 0 rings (SSSR count). The van der Waals surface area contributed by atoms with Gasteiger partial charge in [0, 0.05) is 12.6 Å². The van der Waals surface area contributed by atoms with Crippen LogP contribution in [0.1, 0.15) is 33.1 Å². The molecule has 2 unspecified atom stereocenters. The second kappa shape index (κ2) is 7.76. The number of aliphatic hydroxyl groups is 1. The van der Waals surface area contributed by atoms with Crippen molar-refractivity contribution in [3.63, 3.8) is 0 Å². The molecule has 84 valence electrons. The number of hydrogen-bond acceptors (Lipinski definition) is 3. The van der Waals surface area contributed by atoms with E-state index in [9.17, 15) is 4.79 Å². The fourth-order valence-electron chi connectivity index (χ4n) is 1.34. The first kappa shape index (κ1) is 13.4. The summed E-state index contributed by atoms with van der Waals surface area (Å²) in [6.45, 7) is 4.92. The molecule has 0 aromatic carbocycles. The average Bonchev–Trinajstić information content (AvgIpc) is 2.11. The van der Waals surface area contributed by atoms with E-state index in [4.69, 9.17) is 10.2 Å². The van der Waals surface area contributed by atoms with Crippen molar-refractivity contribution in [2.45, 2.75) is 39.2 Å². The molecule has 0 saturated carbocycles.